The topological polar surface area (TPSA) is 50.7 Å². The van der Waals surface area contributed by atoms with Gasteiger partial charge in [0.05, 0.1) is 0 Å². The predicted octanol–water partition coefficient (Wildman–Crippen LogP) is 2.42. The van der Waals surface area contributed by atoms with E-state index in [4.69, 9.17) is 4.74 Å². The van der Waals surface area contributed by atoms with Gasteiger partial charge in [0.1, 0.15) is 5.75 Å². The molecule has 0 radical (unpaired) electrons. The number of nitrogens with zero attached hydrogens (tertiary/aromatic N) is 1. The summed E-state index contributed by atoms with van der Waals surface area (Å²) in [4.78, 5) is 11.5. The fraction of sp³-hybridized carbons (Fsp3) is 0.429. The van der Waals surface area contributed by atoms with E-state index in [1.54, 1.807) is 0 Å². The molecule has 1 aromatic rings. The minimum absolute atomic E-state index is 0.000158. The van der Waals surface area contributed by atoms with Crippen molar-refractivity contribution in [1.29, 1.82) is 0 Å². The lowest BCUT2D eigenvalue weighted by Crippen LogP contribution is -2.25. The highest BCUT2D eigenvalue weighted by molar-refractivity contribution is 5.87. The molecule has 0 bridgehead atoms. The van der Waals surface area contributed by atoms with Gasteiger partial charge in [0, 0.05) is 5.71 Å². The van der Waals surface area contributed by atoms with Crippen molar-refractivity contribution in [3.63, 3.8) is 0 Å². The van der Waals surface area contributed by atoms with Gasteiger partial charge in [-0.3, -0.25) is 4.79 Å². The molecule has 18 heavy (non-hydrogen) atoms. The van der Waals surface area contributed by atoms with Gasteiger partial charge in [-0.05, 0) is 44.7 Å². The Kier molecular flexibility index (Phi) is 4.34. The molecule has 1 aliphatic carbocycles. The van der Waals surface area contributed by atoms with E-state index in [9.17, 15) is 4.79 Å². The lowest BCUT2D eigenvalue weighted by molar-refractivity contribution is -0.123. The van der Waals surface area contributed by atoms with Crippen LogP contribution in [-0.2, 0) is 4.79 Å². The van der Waals surface area contributed by atoms with Crippen molar-refractivity contribution < 1.29 is 9.53 Å². The third-order valence-corrected chi connectivity index (χ3v) is 2.91. The molecule has 96 valence electrons. The van der Waals surface area contributed by atoms with Crippen molar-refractivity contribution in [2.75, 3.05) is 6.61 Å². The minimum Gasteiger partial charge on any atom is -0.484 e. The molecule has 0 unspecified atom stereocenters. The lowest BCUT2D eigenvalue weighted by atomic mass is 10.2. The fourth-order valence-corrected chi connectivity index (χ4v) is 1.85. The van der Waals surface area contributed by atoms with Crippen LogP contribution in [0.2, 0.25) is 0 Å². The third kappa shape index (κ3) is 3.87. The molecule has 1 aliphatic rings. The summed E-state index contributed by atoms with van der Waals surface area (Å²) in [7, 11) is 0. The molecule has 0 spiro atoms. The second-order valence-electron chi connectivity index (χ2n) is 4.52. The smallest absolute Gasteiger partial charge is 0.277 e. The molecule has 4 heteroatoms. The molecule has 2 rings (SSSR count). The largest absolute Gasteiger partial charge is 0.484 e. The molecule has 0 aromatic heterocycles. The van der Waals surface area contributed by atoms with E-state index in [0.717, 1.165) is 18.6 Å². The van der Waals surface area contributed by atoms with E-state index in [1.165, 1.54) is 18.4 Å². The minimum atomic E-state index is -0.213. The van der Waals surface area contributed by atoms with Crippen molar-refractivity contribution in [2.24, 2.45) is 5.10 Å². The van der Waals surface area contributed by atoms with E-state index in [-0.39, 0.29) is 12.5 Å². The summed E-state index contributed by atoms with van der Waals surface area (Å²) in [5.41, 5.74) is 4.78. The number of carbonyl (C=O) groups is 1. The van der Waals surface area contributed by atoms with Crippen molar-refractivity contribution in [3.8, 4) is 5.75 Å². The maximum absolute atomic E-state index is 11.5. The van der Waals surface area contributed by atoms with Gasteiger partial charge in [-0.1, -0.05) is 17.7 Å². The predicted molar refractivity (Wildman–Crippen MR) is 70.7 cm³/mol. The highest BCUT2D eigenvalue weighted by Crippen LogP contribution is 2.14. The Morgan fingerprint density at radius 2 is 1.94 bits per heavy atom. The SMILES string of the molecule is Cc1ccc(OCC(=O)NN=C2CCCC2)cc1. The molecule has 1 N–H and O–H groups in total. The summed E-state index contributed by atoms with van der Waals surface area (Å²) < 4.78 is 5.36. The quantitative estimate of drug-likeness (QED) is 0.829. The highest BCUT2D eigenvalue weighted by atomic mass is 16.5. The van der Waals surface area contributed by atoms with E-state index < -0.39 is 0 Å². The Morgan fingerprint density at radius 3 is 2.61 bits per heavy atom. The zero-order valence-corrected chi connectivity index (χ0v) is 10.6. The van der Waals surface area contributed by atoms with Gasteiger partial charge in [0.25, 0.3) is 5.91 Å². The van der Waals surface area contributed by atoms with Crippen LogP contribution in [-0.4, -0.2) is 18.2 Å². The molecule has 0 atom stereocenters. The Labute approximate surface area is 107 Å². The summed E-state index contributed by atoms with van der Waals surface area (Å²) in [5.74, 6) is 0.485. The summed E-state index contributed by atoms with van der Waals surface area (Å²) in [5, 5.41) is 4.09. The first-order valence-electron chi connectivity index (χ1n) is 6.28. The average molecular weight is 246 g/mol. The van der Waals surface area contributed by atoms with Crippen molar-refractivity contribution in [1.82, 2.24) is 5.43 Å². The first kappa shape index (κ1) is 12.6. The number of hydrazone groups is 1. The first-order chi connectivity index (χ1) is 8.74. The number of aryl methyl sites for hydroxylation is 1. The number of hydrogen-bond acceptors (Lipinski definition) is 3. The van der Waals surface area contributed by atoms with Crippen LogP contribution in [0.4, 0.5) is 0 Å². The zero-order valence-electron chi connectivity index (χ0n) is 10.6. The molecule has 1 saturated carbocycles. The van der Waals surface area contributed by atoms with E-state index >= 15 is 0 Å². The lowest BCUT2D eigenvalue weighted by Gasteiger charge is -2.05. The van der Waals surface area contributed by atoms with Gasteiger partial charge in [-0.2, -0.15) is 5.10 Å². The number of carbonyl (C=O) groups excluding carboxylic acids is 1. The van der Waals surface area contributed by atoms with Crippen molar-refractivity contribution in [3.05, 3.63) is 29.8 Å². The highest BCUT2D eigenvalue weighted by Gasteiger charge is 2.08. The summed E-state index contributed by atoms with van der Waals surface area (Å²) in [6, 6.07) is 7.61. The monoisotopic (exact) mass is 246 g/mol. The fourth-order valence-electron chi connectivity index (χ4n) is 1.85. The maximum atomic E-state index is 11.5. The zero-order chi connectivity index (χ0) is 12.8. The van der Waals surface area contributed by atoms with E-state index in [1.807, 2.05) is 31.2 Å². The normalized spacial score (nSPS) is 14.4. The van der Waals surface area contributed by atoms with Crippen LogP contribution in [0.3, 0.4) is 0 Å². The van der Waals surface area contributed by atoms with Crippen LogP contribution in [0.5, 0.6) is 5.75 Å². The molecule has 1 fully saturated rings. The molecule has 0 heterocycles. The standard InChI is InChI=1S/C14H18N2O2/c1-11-6-8-13(9-7-11)18-10-14(17)16-15-12-4-2-3-5-12/h6-9H,2-5,10H2,1H3,(H,16,17). The summed E-state index contributed by atoms with van der Waals surface area (Å²) in [6.07, 6.45) is 4.35. The summed E-state index contributed by atoms with van der Waals surface area (Å²) in [6.45, 7) is 2.01. The van der Waals surface area contributed by atoms with Gasteiger partial charge in [0.2, 0.25) is 0 Å². The molecular weight excluding hydrogens is 228 g/mol. The van der Waals surface area contributed by atoms with Gasteiger partial charge in [-0.15, -0.1) is 0 Å². The average Bonchev–Trinajstić information content (AvgIpc) is 2.89. The Bertz CT molecular complexity index is 430. The number of rotatable bonds is 4. The van der Waals surface area contributed by atoms with E-state index in [2.05, 4.69) is 10.5 Å². The maximum Gasteiger partial charge on any atom is 0.277 e. The van der Waals surface area contributed by atoms with Gasteiger partial charge < -0.3 is 4.74 Å². The van der Waals surface area contributed by atoms with Gasteiger partial charge >= 0.3 is 0 Å². The van der Waals surface area contributed by atoms with Gasteiger partial charge in [-0.25, -0.2) is 5.43 Å². The third-order valence-electron chi connectivity index (χ3n) is 2.91. The van der Waals surface area contributed by atoms with Crippen LogP contribution in [0.25, 0.3) is 0 Å². The number of benzene rings is 1. The van der Waals surface area contributed by atoms with Crippen molar-refractivity contribution in [2.45, 2.75) is 32.6 Å². The molecule has 1 amide bonds. The van der Waals surface area contributed by atoms with Crippen molar-refractivity contribution >= 4 is 11.6 Å². The van der Waals surface area contributed by atoms with E-state index in [0.29, 0.717) is 5.75 Å². The first-order valence-corrected chi connectivity index (χ1v) is 6.28. The molecule has 4 nitrogen and oxygen atoms in total. The number of ether oxygens (including phenoxy) is 1. The second kappa shape index (κ2) is 6.19. The van der Waals surface area contributed by atoms with Crippen LogP contribution in [0, 0.1) is 6.92 Å². The Hall–Kier alpha value is -1.84. The van der Waals surface area contributed by atoms with Gasteiger partial charge in [0.15, 0.2) is 6.61 Å². The Balaban J connectivity index is 1.74. The van der Waals surface area contributed by atoms with Crippen LogP contribution in [0.15, 0.2) is 29.4 Å². The van der Waals surface area contributed by atoms with Crippen LogP contribution < -0.4 is 10.2 Å². The molecule has 0 saturated heterocycles. The second-order valence-corrected chi connectivity index (χ2v) is 4.52. The number of nitrogens with one attached hydrogen (secondary N) is 1. The molecule has 0 aliphatic heterocycles. The molecule has 1 aromatic carbocycles. The number of amides is 1. The van der Waals surface area contributed by atoms with Crippen LogP contribution in [0.1, 0.15) is 31.2 Å². The Morgan fingerprint density at radius 1 is 1.28 bits per heavy atom. The van der Waals surface area contributed by atoms with Crippen LogP contribution >= 0.6 is 0 Å². The summed E-state index contributed by atoms with van der Waals surface area (Å²) >= 11 is 0. The number of hydrogen-bond donors (Lipinski definition) is 1. The molecular formula is C14H18N2O2.